The summed E-state index contributed by atoms with van der Waals surface area (Å²) in [5.41, 5.74) is 4.90. The van der Waals surface area contributed by atoms with Gasteiger partial charge in [-0.1, -0.05) is 72.8 Å². The third kappa shape index (κ3) is 6.85. The third-order valence-corrected chi connectivity index (χ3v) is 6.09. The zero-order valence-electron chi connectivity index (χ0n) is 22.1. The first-order valence-electron chi connectivity index (χ1n) is 12.6. The molecule has 0 aliphatic rings. The molecule has 2 N–H and O–H groups in total. The zero-order valence-corrected chi connectivity index (χ0v) is 22.1. The molecule has 1 aromatic heterocycles. The van der Waals surface area contributed by atoms with Crippen LogP contribution in [-0.4, -0.2) is 28.6 Å². The van der Waals surface area contributed by atoms with Crippen LogP contribution >= 0.6 is 0 Å². The van der Waals surface area contributed by atoms with Crippen LogP contribution in [0, 0.1) is 6.92 Å². The number of carbonyl (C=O) groups is 2. The largest absolute Gasteiger partial charge is 0.444 e. The molecule has 0 unspecified atom stereocenters. The van der Waals surface area contributed by atoms with E-state index in [9.17, 15) is 9.59 Å². The molecule has 0 saturated heterocycles. The van der Waals surface area contributed by atoms with Gasteiger partial charge in [0.1, 0.15) is 11.6 Å². The summed E-state index contributed by atoms with van der Waals surface area (Å²) in [4.78, 5) is 30.9. The first kappa shape index (κ1) is 26.6. The second-order valence-electron chi connectivity index (χ2n) is 10.2. The predicted octanol–water partition coefficient (Wildman–Crippen LogP) is 6.72. The van der Waals surface area contributed by atoms with Crippen molar-refractivity contribution in [2.24, 2.45) is 0 Å². The molecule has 0 spiro atoms. The number of aromatic nitrogens is 1. The summed E-state index contributed by atoms with van der Waals surface area (Å²) < 4.78 is 5.53. The Kier molecular flexibility index (Phi) is 8.22. The number of hydrogen-bond acceptors (Lipinski definition) is 4. The minimum absolute atomic E-state index is 0.346. The Morgan fingerprint density at radius 2 is 1.39 bits per heavy atom. The Labute approximate surface area is 224 Å². The lowest BCUT2D eigenvalue weighted by molar-refractivity contribution is -0.118. The van der Waals surface area contributed by atoms with E-state index in [0.717, 1.165) is 27.8 Å². The fourth-order valence-corrected chi connectivity index (χ4v) is 4.38. The number of carbonyl (C=O) groups excluding carboxylic acids is 2. The smallest absolute Gasteiger partial charge is 0.408 e. The molecule has 0 bridgehead atoms. The Morgan fingerprint density at radius 1 is 0.816 bits per heavy atom. The fourth-order valence-electron chi connectivity index (χ4n) is 4.38. The Hall–Kier alpha value is -4.45. The maximum atomic E-state index is 13.8. The molecule has 0 saturated carbocycles. The van der Waals surface area contributed by atoms with E-state index in [2.05, 4.69) is 15.6 Å². The van der Waals surface area contributed by atoms with E-state index in [1.807, 2.05) is 104 Å². The summed E-state index contributed by atoms with van der Waals surface area (Å²) in [5.74, 6) is -0.787. The van der Waals surface area contributed by atoms with Crippen molar-refractivity contribution < 1.29 is 14.3 Å². The number of aryl methyl sites for hydroxylation is 1. The average Bonchev–Trinajstić information content (AvgIpc) is 2.89. The number of nitrogens with one attached hydrogen (secondary N) is 2. The lowest BCUT2D eigenvalue weighted by Gasteiger charge is -2.29. The Bertz CT molecular complexity index is 1330. The Balaban J connectivity index is 1.66. The molecule has 38 heavy (non-hydrogen) atoms. The van der Waals surface area contributed by atoms with Crippen LogP contribution in [0.5, 0.6) is 0 Å². The minimum atomic E-state index is -0.934. The van der Waals surface area contributed by atoms with Crippen LogP contribution in [0.25, 0.3) is 11.1 Å². The average molecular weight is 508 g/mol. The van der Waals surface area contributed by atoms with Gasteiger partial charge in [0, 0.05) is 24.0 Å². The van der Waals surface area contributed by atoms with Gasteiger partial charge < -0.3 is 15.4 Å². The van der Waals surface area contributed by atoms with E-state index in [0.29, 0.717) is 5.69 Å². The van der Waals surface area contributed by atoms with Crippen LogP contribution in [0.1, 0.15) is 43.4 Å². The van der Waals surface area contributed by atoms with E-state index in [4.69, 9.17) is 4.74 Å². The predicted molar refractivity (Wildman–Crippen MR) is 151 cm³/mol. The minimum Gasteiger partial charge on any atom is -0.444 e. The molecule has 4 aromatic rings. The van der Waals surface area contributed by atoms with E-state index in [1.54, 1.807) is 27.0 Å². The van der Waals surface area contributed by atoms with E-state index < -0.39 is 23.7 Å². The second kappa shape index (κ2) is 11.7. The van der Waals surface area contributed by atoms with Gasteiger partial charge in [0.2, 0.25) is 5.91 Å². The molecule has 4 rings (SSSR count). The number of hydrogen-bond donors (Lipinski definition) is 2. The number of rotatable bonds is 7. The fraction of sp³-hybridized carbons (Fsp3) is 0.219. The van der Waals surface area contributed by atoms with Crippen molar-refractivity contribution in [1.29, 1.82) is 0 Å². The summed E-state index contributed by atoms with van der Waals surface area (Å²) in [7, 11) is 0. The summed E-state index contributed by atoms with van der Waals surface area (Å²) in [5, 5.41) is 5.86. The third-order valence-electron chi connectivity index (χ3n) is 6.09. The van der Waals surface area contributed by atoms with Gasteiger partial charge in [0.15, 0.2) is 0 Å². The van der Waals surface area contributed by atoms with Crippen molar-refractivity contribution >= 4 is 17.7 Å². The quantitative estimate of drug-likeness (QED) is 0.291. The number of nitrogens with zero attached hydrogens (tertiary/aromatic N) is 1. The van der Waals surface area contributed by atoms with Gasteiger partial charge in [-0.2, -0.15) is 0 Å². The van der Waals surface area contributed by atoms with Crippen LogP contribution in [0.15, 0.2) is 103 Å². The van der Waals surface area contributed by atoms with Gasteiger partial charge in [0.05, 0.1) is 0 Å². The van der Waals surface area contributed by atoms with E-state index >= 15 is 0 Å². The topological polar surface area (TPSA) is 80.3 Å². The summed E-state index contributed by atoms with van der Waals surface area (Å²) in [6, 6.07) is 28.0. The number of pyridine rings is 1. The maximum absolute atomic E-state index is 13.8. The normalized spacial score (nSPS) is 12.0. The van der Waals surface area contributed by atoms with Crippen molar-refractivity contribution in [2.75, 3.05) is 5.32 Å². The standard InChI is InChI=1S/C32H33N3O3/c1-22-21-33-20-19-27(22)23-15-17-26(18-16-23)34-30(36)29(35-31(37)38-32(2,3)4)28(24-11-7-5-8-12-24)25-13-9-6-10-14-25/h5-21,28-29H,1-4H3,(H,34,36)(H,35,37)/t29-/m0/s1. The molecule has 2 amide bonds. The van der Waals surface area contributed by atoms with E-state index in [1.165, 1.54) is 0 Å². The second-order valence-corrected chi connectivity index (χ2v) is 10.2. The SMILES string of the molecule is Cc1cnccc1-c1ccc(NC(=O)[C@@H](NC(=O)OC(C)(C)C)C(c2ccccc2)c2ccccc2)cc1. The molecular weight excluding hydrogens is 474 g/mol. The van der Waals surface area contributed by atoms with Crippen molar-refractivity contribution in [3.05, 3.63) is 120 Å². The molecule has 3 aromatic carbocycles. The molecule has 6 heteroatoms. The first-order valence-corrected chi connectivity index (χ1v) is 12.6. The van der Waals surface area contributed by atoms with Crippen molar-refractivity contribution in [3.8, 4) is 11.1 Å². The maximum Gasteiger partial charge on any atom is 0.408 e. The first-order chi connectivity index (χ1) is 18.2. The van der Waals surface area contributed by atoms with Crippen LogP contribution in [0.4, 0.5) is 10.5 Å². The number of amides is 2. The lowest BCUT2D eigenvalue weighted by atomic mass is 9.84. The van der Waals surface area contributed by atoms with Gasteiger partial charge in [-0.3, -0.25) is 9.78 Å². The van der Waals surface area contributed by atoms with Crippen LogP contribution in [-0.2, 0) is 9.53 Å². The lowest BCUT2D eigenvalue weighted by Crippen LogP contribution is -2.49. The molecule has 1 atom stereocenters. The zero-order chi connectivity index (χ0) is 27.1. The van der Waals surface area contributed by atoms with Crippen molar-refractivity contribution in [3.63, 3.8) is 0 Å². The summed E-state index contributed by atoms with van der Waals surface area (Å²) in [6.45, 7) is 7.39. The van der Waals surface area contributed by atoms with Crippen molar-refractivity contribution in [1.82, 2.24) is 10.3 Å². The van der Waals surface area contributed by atoms with Gasteiger partial charge in [-0.05, 0) is 73.7 Å². The molecule has 0 fully saturated rings. The van der Waals surface area contributed by atoms with Gasteiger partial charge in [-0.25, -0.2) is 4.79 Å². The van der Waals surface area contributed by atoms with Crippen molar-refractivity contribution in [2.45, 2.75) is 45.3 Å². The Morgan fingerprint density at radius 3 is 1.92 bits per heavy atom. The molecule has 0 radical (unpaired) electrons. The molecule has 6 nitrogen and oxygen atoms in total. The van der Waals surface area contributed by atoms with E-state index in [-0.39, 0.29) is 5.91 Å². The van der Waals surface area contributed by atoms with Crippen LogP contribution in [0.2, 0.25) is 0 Å². The number of benzene rings is 3. The highest BCUT2D eigenvalue weighted by atomic mass is 16.6. The molecule has 1 heterocycles. The highest BCUT2D eigenvalue weighted by Gasteiger charge is 2.34. The van der Waals surface area contributed by atoms with Gasteiger partial charge in [0.25, 0.3) is 0 Å². The van der Waals surface area contributed by atoms with Gasteiger partial charge >= 0.3 is 6.09 Å². The van der Waals surface area contributed by atoms with Crippen LogP contribution in [0.3, 0.4) is 0 Å². The molecule has 0 aliphatic carbocycles. The highest BCUT2D eigenvalue weighted by Crippen LogP contribution is 2.30. The molecule has 0 aliphatic heterocycles. The molecule has 194 valence electrons. The van der Waals surface area contributed by atoms with Gasteiger partial charge in [-0.15, -0.1) is 0 Å². The summed E-state index contributed by atoms with van der Waals surface area (Å²) in [6.07, 6.45) is 2.93. The molecular formula is C32H33N3O3. The number of anilines is 1. The number of ether oxygens (including phenoxy) is 1. The number of alkyl carbamates (subject to hydrolysis) is 1. The summed E-state index contributed by atoms with van der Waals surface area (Å²) >= 11 is 0. The monoisotopic (exact) mass is 507 g/mol. The highest BCUT2D eigenvalue weighted by molar-refractivity contribution is 5.98. The van der Waals surface area contributed by atoms with Crippen LogP contribution < -0.4 is 10.6 Å².